The van der Waals surface area contributed by atoms with E-state index in [1.54, 1.807) is 30.0 Å². The van der Waals surface area contributed by atoms with Gasteiger partial charge in [0.05, 0.1) is 13.3 Å². The number of fused-ring (bicyclic) bond motifs is 1. The first-order valence-corrected chi connectivity index (χ1v) is 11.8. The summed E-state index contributed by atoms with van der Waals surface area (Å²) < 4.78 is 21.4. The van der Waals surface area contributed by atoms with Crippen molar-refractivity contribution in [3.8, 4) is 16.9 Å². The molecule has 1 aliphatic rings. The summed E-state index contributed by atoms with van der Waals surface area (Å²) in [5.41, 5.74) is 2.83. The fraction of sp³-hybridized carbons (Fsp3) is 0.520. The van der Waals surface area contributed by atoms with Crippen molar-refractivity contribution in [2.24, 2.45) is 0 Å². The van der Waals surface area contributed by atoms with E-state index >= 15 is 0 Å². The zero-order chi connectivity index (χ0) is 22.9. The van der Waals surface area contributed by atoms with Crippen molar-refractivity contribution in [1.82, 2.24) is 24.4 Å². The highest BCUT2D eigenvalue weighted by Gasteiger charge is 2.16. The predicted octanol–water partition coefficient (Wildman–Crippen LogP) is 4.78. The lowest BCUT2D eigenvalue weighted by molar-refractivity contribution is 0.135. The minimum absolute atomic E-state index is 0. The Bertz CT molecular complexity index is 988. The third-order valence-electron chi connectivity index (χ3n) is 5.96. The lowest BCUT2D eigenvalue weighted by Gasteiger charge is -2.33. The Balaban J connectivity index is 0.00000125. The van der Waals surface area contributed by atoms with E-state index < -0.39 is 0 Å². The molecule has 0 spiro atoms. The second kappa shape index (κ2) is 11.9. The number of aryl methyl sites for hydroxylation is 1. The minimum atomic E-state index is -0.305. The van der Waals surface area contributed by atoms with Gasteiger partial charge in [0.2, 0.25) is 0 Å². The van der Waals surface area contributed by atoms with E-state index in [-0.39, 0.29) is 7.24 Å². The Labute approximate surface area is 192 Å². The molecule has 1 saturated heterocycles. The van der Waals surface area contributed by atoms with Gasteiger partial charge in [0.1, 0.15) is 11.6 Å². The van der Waals surface area contributed by atoms with Gasteiger partial charge < -0.3 is 14.5 Å². The summed E-state index contributed by atoms with van der Waals surface area (Å²) in [5.74, 6) is 0.308. The molecule has 0 saturated carbocycles. The number of unbranched alkanes of at least 4 members (excludes halogenated alkanes) is 1. The summed E-state index contributed by atoms with van der Waals surface area (Å²) in [5, 5.41) is 4.34. The van der Waals surface area contributed by atoms with Crippen LogP contribution < -0.4 is 4.74 Å². The first kappa shape index (κ1) is 24.1. The van der Waals surface area contributed by atoms with Crippen LogP contribution in [0.5, 0.6) is 5.75 Å². The quantitative estimate of drug-likeness (QED) is 0.469. The Morgan fingerprint density at radius 1 is 1.03 bits per heavy atom. The number of halogens is 1. The van der Waals surface area contributed by atoms with Crippen LogP contribution in [0, 0.1) is 5.82 Å². The first-order chi connectivity index (χ1) is 15.7. The van der Waals surface area contributed by atoms with Gasteiger partial charge in [-0.3, -0.25) is 0 Å². The molecule has 176 valence electrons. The van der Waals surface area contributed by atoms with E-state index in [1.165, 1.54) is 32.2 Å². The van der Waals surface area contributed by atoms with Crippen molar-refractivity contribution in [2.45, 2.75) is 40.0 Å². The van der Waals surface area contributed by atoms with Crippen molar-refractivity contribution in [3.63, 3.8) is 0 Å². The molecule has 0 bridgehead atoms. The molecule has 4 rings (SSSR count). The molecule has 1 fully saturated rings. The number of benzene rings is 1. The maximum atomic E-state index is 14.4. The minimum Gasteiger partial charge on any atom is -0.497 e. The molecule has 0 radical (unpaired) electrons. The number of nitrogens with zero attached hydrogens (tertiary/aromatic N) is 5. The normalized spacial score (nSPS) is 14.9. The number of methoxy groups -OCH3 is 1. The van der Waals surface area contributed by atoms with Crippen LogP contribution in [0.25, 0.3) is 16.8 Å². The zero-order valence-corrected chi connectivity index (χ0v) is 19.9. The van der Waals surface area contributed by atoms with E-state index in [1.807, 2.05) is 26.1 Å². The molecular formula is C25H38FN5O. The van der Waals surface area contributed by atoms with Gasteiger partial charge in [-0.2, -0.15) is 5.10 Å². The average molecular weight is 444 g/mol. The highest BCUT2D eigenvalue weighted by molar-refractivity contribution is 5.78. The molecule has 0 atom stereocenters. The van der Waals surface area contributed by atoms with E-state index in [4.69, 9.17) is 9.72 Å². The maximum absolute atomic E-state index is 14.4. The van der Waals surface area contributed by atoms with Gasteiger partial charge in [-0.25, -0.2) is 13.9 Å². The second-order valence-electron chi connectivity index (χ2n) is 7.82. The van der Waals surface area contributed by atoms with E-state index in [9.17, 15) is 4.39 Å². The molecule has 1 aliphatic heterocycles. The van der Waals surface area contributed by atoms with Gasteiger partial charge in [-0.15, -0.1) is 0 Å². The summed E-state index contributed by atoms with van der Waals surface area (Å²) in [6.07, 6.45) is 6.74. The van der Waals surface area contributed by atoms with Crippen LogP contribution in [0.1, 0.15) is 40.7 Å². The van der Waals surface area contributed by atoms with Crippen LogP contribution in [0.3, 0.4) is 0 Å². The molecule has 3 heterocycles. The Morgan fingerprint density at radius 2 is 1.78 bits per heavy atom. The van der Waals surface area contributed by atoms with Crippen molar-refractivity contribution in [2.75, 3.05) is 46.4 Å². The van der Waals surface area contributed by atoms with Crippen molar-refractivity contribution in [1.29, 1.82) is 0 Å². The fourth-order valence-corrected chi connectivity index (χ4v) is 4.04. The molecule has 0 aliphatic carbocycles. The third-order valence-corrected chi connectivity index (χ3v) is 5.96. The maximum Gasteiger partial charge on any atom is 0.163 e. The standard InChI is InChI=1S/C23H30FN5O.C2H6.H2/c1-3-27-12-14-28(15-13-27)10-5-4-6-18-9-11-29-23(26-18)21(17-25-29)20-16-19(30-2)7-8-22(20)24;1-2;/h7-9,11,16-17H,3-6,10,12-15H2,1-2H3;1-2H3;1H. The first-order valence-electron chi connectivity index (χ1n) is 11.8. The van der Waals surface area contributed by atoms with Crippen LogP contribution in [-0.4, -0.2) is 70.8 Å². The summed E-state index contributed by atoms with van der Waals surface area (Å²) in [6, 6.07) is 6.73. The van der Waals surface area contributed by atoms with E-state index in [0.717, 1.165) is 38.0 Å². The fourth-order valence-electron chi connectivity index (χ4n) is 4.04. The Kier molecular flexibility index (Phi) is 9.00. The van der Waals surface area contributed by atoms with Crippen LogP contribution >= 0.6 is 0 Å². The second-order valence-corrected chi connectivity index (χ2v) is 7.82. The van der Waals surface area contributed by atoms with E-state index in [0.29, 0.717) is 22.5 Å². The van der Waals surface area contributed by atoms with Crippen molar-refractivity contribution < 1.29 is 10.6 Å². The molecule has 0 unspecified atom stereocenters. The lowest BCUT2D eigenvalue weighted by atomic mass is 10.1. The molecular weight excluding hydrogens is 405 g/mol. The largest absolute Gasteiger partial charge is 0.497 e. The molecule has 3 aromatic rings. The number of aromatic nitrogens is 3. The molecule has 32 heavy (non-hydrogen) atoms. The number of ether oxygens (including phenoxy) is 1. The van der Waals surface area contributed by atoms with Crippen LogP contribution in [0.2, 0.25) is 0 Å². The van der Waals surface area contributed by atoms with Crippen LogP contribution in [0.4, 0.5) is 4.39 Å². The summed E-state index contributed by atoms with van der Waals surface area (Å²) in [4.78, 5) is 9.85. The van der Waals surface area contributed by atoms with Crippen LogP contribution in [0.15, 0.2) is 36.7 Å². The van der Waals surface area contributed by atoms with Gasteiger partial charge in [0.25, 0.3) is 0 Å². The molecule has 6 nitrogen and oxygen atoms in total. The zero-order valence-electron chi connectivity index (χ0n) is 19.9. The smallest absolute Gasteiger partial charge is 0.163 e. The lowest BCUT2D eigenvalue weighted by Crippen LogP contribution is -2.46. The average Bonchev–Trinajstić information content (AvgIpc) is 3.27. The number of rotatable bonds is 8. The SMILES string of the molecule is CC.CCN1CCN(CCCCc2ccn3ncc(-c4cc(OC)ccc4F)c3n2)CC1.[HH]. The highest BCUT2D eigenvalue weighted by atomic mass is 19.1. The van der Waals surface area contributed by atoms with Crippen molar-refractivity contribution >= 4 is 5.65 Å². The third kappa shape index (κ3) is 5.84. The summed E-state index contributed by atoms with van der Waals surface area (Å²) >= 11 is 0. The molecule has 2 aromatic heterocycles. The molecule has 1 aromatic carbocycles. The summed E-state index contributed by atoms with van der Waals surface area (Å²) in [6.45, 7) is 13.2. The topological polar surface area (TPSA) is 45.9 Å². The monoisotopic (exact) mass is 443 g/mol. The Morgan fingerprint density at radius 3 is 2.50 bits per heavy atom. The summed E-state index contributed by atoms with van der Waals surface area (Å²) in [7, 11) is 1.58. The van der Waals surface area contributed by atoms with Crippen molar-refractivity contribution in [3.05, 3.63) is 48.2 Å². The number of piperazine rings is 1. The van der Waals surface area contributed by atoms with Gasteiger partial charge in [-0.05, 0) is 56.6 Å². The molecule has 7 heteroatoms. The Hall–Kier alpha value is -2.51. The molecule has 0 N–H and O–H groups in total. The van der Waals surface area contributed by atoms with Gasteiger partial charge in [0, 0.05) is 50.6 Å². The van der Waals surface area contributed by atoms with Gasteiger partial charge in [-0.1, -0.05) is 20.8 Å². The predicted molar refractivity (Wildman–Crippen MR) is 130 cm³/mol. The van der Waals surface area contributed by atoms with Gasteiger partial charge >= 0.3 is 0 Å². The number of hydrogen-bond acceptors (Lipinski definition) is 5. The van der Waals surface area contributed by atoms with E-state index in [2.05, 4.69) is 21.8 Å². The number of hydrogen-bond donors (Lipinski definition) is 0. The van der Waals surface area contributed by atoms with Gasteiger partial charge in [0.15, 0.2) is 5.65 Å². The number of likely N-dealkylation sites (N-methyl/N-ethyl adjacent to an activating group) is 1. The highest BCUT2D eigenvalue weighted by Crippen LogP contribution is 2.29. The van der Waals surface area contributed by atoms with Crippen LogP contribution in [-0.2, 0) is 6.42 Å². The molecule has 0 amide bonds.